The third-order valence-electron chi connectivity index (χ3n) is 2.16. The minimum Gasteiger partial charge on any atom is -0.497 e. The Morgan fingerprint density at radius 3 is 2.62 bits per heavy atom. The first-order valence-electron chi connectivity index (χ1n) is 4.70. The molecular formula is C11H14FNO3. The first-order valence-corrected chi connectivity index (χ1v) is 4.70. The summed E-state index contributed by atoms with van der Waals surface area (Å²) in [4.78, 5) is 12.5. The Hall–Kier alpha value is -1.78. The second kappa shape index (κ2) is 5.34. The molecule has 1 aromatic rings. The van der Waals surface area contributed by atoms with E-state index < -0.39 is 11.8 Å². The highest BCUT2D eigenvalue weighted by atomic mass is 19.1. The molecule has 0 fully saturated rings. The predicted octanol–water partition coefficient (Wildman–Crippen LogP) is 1.44. The number of carbonyl (C=O) groups is 1. The van der Waals surface area contributed by atoms with Crippen LogP contribution in [-0.4, -0.2) is 33.8 Å². The first-order chi connectivity index (χ1) is 7.58. The Bertz CT molecular complexity index is 381. The van der Waals surface area contributed by atoms with Crippen molar-refractivity contribution in [2.24, 2.45) is 0 Å². The van der Waals surface area contributed by atoms with Crippen LogP contribution in [-0.2, 0) is 9.53 Å². The molecule has 0 aliphatic carbocycles. The molecule has 0 unspecified atom stereocenters. The zero-order chi connectivity index (χ0) is 12.1. The molecule has 0 aliphatic rings. The zero-order valence-corrected chi connectivity index (χ0v) is 9.49. The molecular weight excluding hydrogens is 213 g/mol. The van der Waals surface area contributed by atoms with Crippen LogP contribution >= 0.6 is 0 Å². The number of ether oxygens (including phenoxy) is 2. The summed E-state index contributed by atoms with van der Waals surface area (Å²) in [5, 5.41) is 0. The van der Waals surface area contributed by atoms with Crippen LogP contribution < -0.4 is 9.64 Å². The van der Waals surface area contributed by atoms with E-state index in [1.807, 2.05) is 0 Å². The lowest BCUT2D eigenvalue weighted by Crippen LogP contribution is -2.27. The molecule has 0 bridgehead atoms. The predicted molar refractivity (Wildman–Crippen MR) is 58.2 cm³/mol. The van der Waals surface area contributed by atoms with E-state index in [4.69, 9.17) is 4.74 Å². The average molecular weight is 227 g/mol. The third kappa shape index (κ3) is 2.85. The molecule has 1 rings (SSSR count). The van der Waals surface area contributed by atoms with Gasteiger partial charge in [0.05, 0.1) is 19.9 Å². The monoisotopic (exact) mass is 227 g/mol. The van der Waals surface area contributed by atoms with Gasteiger partial charge < -0.3 is 14.4 Å². The van der Waals surface area contributed by atoms with E-state index in [0.29, 0.717) is 11.4 Å². The van der Waals surface area contributed by atoms with E-state index in [9.17, 15) is 9.18 Å². The van der Waals surface area contributed by atoms with Crippen LogP contribution in [0.15, 0.2) is 18.2 Å². The van der Waals surface area contributed by atoms with Gasteiger partial charge in [-0.1, -0.05) is 0 Å². The fourth-order valence-electron chi connectivity index (χ4n) is 1.27. The molecule has 0 aliphatic heterocycles. The number of methoxy groups -OCH3 is 2. The summed E-state index contributed by atoms with van der Waals surface area (Å²) >= 11 is 0. The Balaban J connectivity index is 2.83. The highest BCUT2D eigenvalue weighted by Gasteiger charge is 2.12. The summed E-state index contributed by atoms with van der Waals surface area (Å²) < 4.78 is 22.9. The number of likely N-dealkylation sites (N-methyl/N-ethyl adjacent to an activating group) is 1. The van der Waals surface area contributed by atoms with Gasteiger partial charge in [0, 0.05) is 13.1 Å². The largest absolute Gasteiger partial charge is 0.497 e. The molecule has 0 radical (unpaired) electrons. The molecule has 0 spiro atoms. The number of esters is 1. The Kier molecular flexibility index (Phi) is 4.10. The molecule has 1 aromatic carbocycles. The highest BCUT2D eigenvalue weighted by Crippen LogP contribution is 2.22. The van der Waals surface area contributed by atoms with Crippen LogP contribution in [0.5, 0.6) is 5.75 Å². The summed E-state index contributed by atoms with van der Waals surface area (Å²) in [7, 11) is 4.37. The molecule has 0 heterocycles. The minimum atomic E-state index is -0.439. The van der Waals surface area contributed by atoms with Crippen molar-refractivity contribution in [1.29, 1.82) is 0 Å². The normalized spacial score (nSPS) is 9.75. The number of hydrogen-bond donors (Lipinski definition) is 0. The van der Waals surface area contributed by atoms with Gasteiger partial charge in [-0.2, -0.15) is 0 Å². The van der Waals surface area contributed by atoms with Crippen molar-refractivity contribution in [1.82, 2.24) is 0 Å². The van der Waals surface area contributed by atoms with E-state index in [1.165, 1.54) is 25.2 Å². The number of hydrogen-bond acceptors (Lipinski definition) is 4. The van der Waals surface area contributed by atoms with Gasteiger partial charge in [0.2, 0.25) is 0 Å². The molecule has 0 amide bonds. The maximum Gasteiger partial charge on any atom is 0.325 e. The topological polar surface area (TPSA) is 38.8 Å². The summed E-state index contributed by atoms with van der Waals surface area (Å²) in [6.45, 7) is -0.000249. The van der Waals surface area contributed by atoms with Gasteiger partial charge in [0.25, 0.3) is 0 Å². The summed E-state index contributed by atoms with van der Waals surface area (Å²) in [5.74, 6) is -0.420. The third-order valence-corrected chi connectivity index (χ3v) is 2.16. The zero-order valence-electron chi connectivity index (χ0n) is 9.49. The molecule has 4 nitrogen and oxygen atoms in total. The van der Waals surface area contributed by atoms with E-state index in [2.05, 4.69) is 4.74 Å². The smallest absolute Gasteiger partial charge is 0.325 e. The molecule has 0 saturated carbocycles. The van der Waals surface area contributed by atoms with Crippen LogP contribution in [0.3, 0.4) is 0 Å². The number of carbonyl (C=O) groups excluding carboxylic acids is 1. The lowest BCUT2D eigenvalue weighted by Gasteiger charge is -2.18. The molecule has 5 heteroatoms. The Morgan fingerprint density at radius 2 is 2.12 bits per heavy atom. The standard InChI is InChI=1S/C11H14FNO3/c1-13(7-11(14)16-3)10-5-4-8(15-2)6-9(10)12/h4-6H,7H2,1-3H3. The Morgan fingerprint density at radius 1 is 1.44 bits per heavy atom. The van der Waals surface area contributed by atoms with E-state index >= 15 is 0 Å². The lowest BCUT2D eigenvalue weighted by molar-refractivity contribution is -0.138. The van der Waals surface area contributed by atoms with Crippen molar-refractivity contribution in [2.45, 2.75) is 0 Å². The molecule has 0 saturated heterocycles. The fraction of sp³-hybridized carbons (Fsp3) is 0.364. The first kappa shape index (κ1) is 12.3. The van der Waals surface area contributed by atoms with Gasteiger partial charge in [0.1, 0.15) is 18.1 Å². The number of anilines is 1. The lowest BCUT2D eigenvalue weighted by atomic mass is 10.2. The highest BCUT2D eigenvalue weighted by molar-refractivity contribution is 5.75. The van der Waals surface area contributed by atoms with Crippen LogP contribution in [0.2, 0.25) is 0 Å². The van der Waals surface area contributed by atoms with Gasteiger partial charge in [0.15, 0.2) is 0 Å². The van der Waals surface area contributed by atoms with Crippen molar-refractivity contribution < 1.29 is 18.7 Å². The van der Waals surface area contributed by atoms with Crippen LogP contribution in [0.25, 0.3) is 0 Å². The van der Waals surface area contributed by atoms with Crippen molar-refractivity contribution >= 4 is 11.7 Å². The van der Waals surface area contributed by atoms with E-state index in [0.717, 1.165) is 0 Å². The number of benzene rings is 1. The van der Waals surface area contributed by atoms with Gasteiger partial charge >= 0.3 is 5.97 Å². The second-order valence-electron chi connectivity index (χ2n) is 3.25. The minimum absolute atomic E-state index is 0.000249. The van der Waals surface area contributed by atoms with E-state index in [-0.39, 0.29) is 6.54 Å². The number of rotatable bonds is 4. The van der Waals surface area contributed by atoms with Crippen molar-refractivity contribution in [3.8, 4) is 5.75 Å². The van der Waals surface area contributed by atoms with E-state index in [1.54, 1.807) is 19.2 Å². The summed E-state index contributed by atoms with van der Waals surface area (Å²) in [5.41, 5.74) is 0.325. The van der Waals surface area contributed by atoms with Crippen molar-refractivity contribution in [2.75, 3.05) is 32.7 Å². The maximum absolute atomic E-state index is 13.6. The molecule has 0 N–H and O–H groups in total. The van der Waals surface area contributed by atoms with Crippen molar-refractivity contribution in [3.05, 3.63) is 24.0 Å². The maximum atomic E-state index is 13.6. The second-order valence-corrected chi connectivity index (χ2v) is 3.25. The molecule has 88 valence electrons. The summed E-state index contributed by atoms with van der Waals surface area (Å²) in [6.07, 6.45) is 0. The fourth-order valence-corrected chi connectivity index (χ4v) is 1.27. The van der Waals surface area contributed by atoms with Gasteiger partial charge in [-0.3, -0.25) is 4.79 Å². The molecule has 0 atom stereocenters. The summed E-state index contributed by atoms with van der Waals surface area (Å²) in [6, 6.07) is 4.45. The van der Waals surface area contributed by atoms with Gasteiger partial charge in [-0.25, -0.2) is 4.39 Å². The van der Waals surface area contributed by atoms with Crippen LogP contribution in [0, 0.1) is 5.82 Å². The quantitative estimate of drug-likeness (QED) is 0.730. The average Bonchev–Trinajstić information content (AvgIpc) is 2.28. The number of halogens is 1. The van der Waals surface area contributed by atoms with Crippen molar-refractivity contribution in [3.63, 3.8) is 0 Å². The molecule has 0 aromatic heterocycles. The van der Waals surface area contributed by atoms with Gasteiger partial charge in [-0.05, 0) is 12.1 Å². The van der Waals surface area contributed by atoms with Crippen LogP contribution in [0.4, 0.5) is 10.1 Å². The Labute approximate surface area is 93.6 Å². The molecule has 16 heavy (non-hydrogen) atoms. The SMILES string of the molecule is COC(=O)CN(C)c1ccc(OC)cc1F. The number of nitrogens with zero attached hydrogens (tertiary/aromatic N) is 1. The van der Waals surface area contributed by atoms with Gasteiger partial charge in [-0.15, -0.1) is 0 Å². The van der Waals surface area contributed by atoms with Crippen LogP contribution in [0.1, 0.15) is 0 Å².